The fourth-order valence-electron chi connectivity index (χ4n) is 4.98. The summed E-state index contributed by atoms with van der Waals surface area (Å²) in [5.74, 6) is -2.15. The minimum absolute atomic E-state index is 0.108. The number of hydrogen-bond acceptors (Lipinski definition) is 2. The topological polar surface area (TPSA) is 74.6 Å². The van der Waals surface area contributed by atoms with E-state index in [-0.39, 0.29) is 22.5 Å². The summed E-state index contributed by atoms with van der Waals surface area (Å²) in [5.41, 5.74) is -0.383. The third-order valence-electron chi connectivity index (χ3n) is 6.35. The van der Waals surface area contributed by atoms with Crippen LogP contribution < -0.4 is 0 Å². The maximum absolute atomic E-state index is 12.3. The van der Waals surface area contributed by atoms with Crippen molar-refractivity contribution in [1.29, 1.82) is 0 Å². The molecule has 0 amide bonds. The summed E-state index contributed by atoms with van der Waals surface area (Å²) in [4.78, 5) is 24.5. The molecule has 0 unspecified atom stereocenters. The number of aliphatic carboxylic acids is 2. The van der Waals surface area contributed by atoms with Gasteiger partial charge < -0.3 is 10.2 Å². The van der Waals surface area contributed by atoms with Gasteiger partial charge in [0.05, 0.1) is 11.1 Å². The molecule has 0 bridgehead atoms. The number of rotatable bonds is 4. The molecule has 24 heavy (non-hydrogen) atoms. The third-order valence-corrected chi connectivity index (χ3v) is 6.35. The van der Waals surface area contributed by atoms with Crippen LogP contribution in [-0.4, -0.2) is 22.2 Å². The van der Waals surface area contributed by atoms with Crippen LogP contribution in [0.5, 0.6) is 0 Å². The zero-order valence-electron chi connectivity index (χ0n) is 15.4. The van der Waals surface area contributed by atoms with Crippen molar-refractivity contribution in [2.24, 2.45) is 16.7 Å². The van der Waals surface area contributed by atoms with Crippen molar-refractivity contribution in [1.82, 2.24) is 0 Å². The second kappa shape index (κ2) is 7.28. The van der Waals surface area contributed by atoms with Crippen molar-refractivity contribution < 1.29 is 19.8 Å². The molecule has 0 saturated heterocycles. The zero-order valence-corrected chi connectivity index (χ0v) is 15.4. The van der Waals surface area contributed by atoms with Crippen LogP contribution in [0, 0.1) is 16.7 Å². The van der Waals surface area contributed by atoms with Gasteiger partial charge in [0.1, 0.15) is 0 Å². The molecule has 0 aromatic heterocycles. The molecule has 0 aromatic carbocycles. The smallest absolute Gasteiger partial charge is 0.332 e. The third kappa shape index (κ3) is 3.52. The molecule has 2 aliphatic carbocycles. The van der Waals surface area contributed by atoms with Gasteiger partial charge in [0.15, 0.2) is 0 Å². The van der Waals surface area contributed by atoms with Gasteiger partial charge in [0.2, 0.25) is 0 Å². The second-order valence-corrected chi connectivity index (χ2v) is 8.63. The molecular formula is C20H32O4. The van der Waals surface area contributed by atoms with E-state index in [0.29, 0.717) is 0 Å². The van der Waals surface area contributed by atoms with Crippen LogP contribution >= 0.6 is 0 Å². The molecule has 0 spiro atoms. The summed E-state index contributed by atoms with van der Waals surface area (Å²) in [6.07, 6.45) is 9.35. The van der Waals surface area contributed by atoms with Crippen LogP contribution in [0.4, 0.5) is 0 Å². The molecular weight excluding hydrogens is 304 g/mol. The van der Waals surface area contributed by atoms with E-state index in [4.69, 9.17) is 0 Å². The van der Waals surface area contributed by atoms with E-state index >= 15 is 0 Å². The van der Waals surface area contributed by atoms with Crippen LogP contribution in [0.15, 0.2) is 11.1 Å². The number of hydrogen-bond donors (Lipinski definition) is 2. The Morgan fingerprint density at radius 2 is 1.33 bits per heavy atom. The molecule has 0 aromatic rings. The van der Waals surface area contributed by atoms with Crippen molar-refractivity contribution in [3.05, 3.63) is 11.1 Å². The van der Waals surface area contributed by atoms with Crippen LogP contribution in [0.1, 0.15) is 85.0 Å². The first-order chi connectivity index (χ1) is 11.2. The van der Waals surface area contributed by atoms with Crippen molar-refractivity contribution in [2.75, 3.05) is 0 Å². The standard InChI is InChI=1S/C20H32O4/c1-19(2,3)20(12-8-5-9-13-20)16(18(23)24)15(17(21)22)14-10-6-4-7-11-14/h14H,4-13H2,1-3H3,(H,21,22)(H,23,24). The van der Waals surface area contributed by atoms with Gasteiger partial charge in [-0.15, -0.1) is 0 Å². The highest BCUT2D eigenvalue weighted by Gasteiger charge is 2.50. The lowest BCUT2D eigenvalue weighted by atomic mass is 9.54. The average Bonchev–Trinajstić information content (AvgIpc) is 2.52. The Hall–Kier alpha value is -1.32. The monoisotopic (exact) mass is 336 g/mol. The Kier molecular flexibility index (Phi) is 5.77. The Labute approximate surface area is 145 Å². The maximum atomic E-state index is 12.3. The highest BCUT2D eigenvalue weighted by Crippen LogP contribution is 2.56. The first-order valence-corrected chi connectivity index (χ1v) is 9.42. The van der Waals surface area contributed by atoms with E-state index in [1.807, 2.05) is 0 Å². The van der Waals surface area contributed by atoms with E-state index in [0.717, 1.165) is 64.2 Å². The molecule has 2 N–H and O–H groups in total. The lowest BCUT2D eigenvalue weighted by Gasteiger charge is -2.49. The normalized spacial score (nSPS) is 23.5. The summed E-state index contributed by atoms with van der Waals surface area (Å²) in [6, 6.07) is 0. The molecule has 4 heteroatoms. The van der Waals surface area contributed by atoms with E-state index in [1.165, 1.54) is 0 Å². The number of carboxylic acids is 2. The van der Waals surface area contributed by atoms with Gasteiger partial charge in [-0.1, -0.05) is 59.3 Å². The van der Waals surface area contributed by atoms with Crippen LogP contribution in [0.3, 0.4) is 0 Å². The van der Waals surface area contributed by atoms with E-state index in [2.05, 4.69) is 20.8 Å². The lowest BCUT2D eigenvalue weighted by Crippen LogP contribution is -2.43. The van der Waals surface area contributed by atoms with Gasteiger partial charge >= 0.3 is 11.9 Å². The summed E-state index contributed by atoms with van der Waals surface area (Å²) in [5, 5.41) is 20.0. The van der Waals surface area contributed by atoms with Crippen LogP contribution in [-0.2, 0) is 9.59 Å². The molecule has 0 radical (unpaired) electrons. The Bertz CT molecular complexity index is 512. The quantitative estimate of drug-likeness (QED) is 0.706. The first kappa shape index (κ1) is 19.0. The summed E-state index contributed by atoms with van der Waals surface area (Å²) in [6.45, 7) is 6.21. The van der Waals surface area contributed by atoms with Gasteiger partial charge in [0.25, 0.3) is 0 Å². The predicted molar refractivity (Wildman–Crippen MR) is 93.8 cm³/mol. The van der Waals surface area contributed by atoms with Crippen LogP contribution in [0.2, 0.25) is 0 Å². The second-order valence-electron chi connectivity index (χ2n) is 8.63. The van der Waals surface area contributed by atoms with Gasteiger partial charge in [-0.25, -0.2) is 9.59 Å². The van der Waals surface area contributed by atoms with Crippen LogP contribution in [0.25, 0.3) is 0 Å². The average molecular weight is 336 g/mol. The van der Waals surface area contributed by atoms with Crippen molar-refractivity contribution in [3.63, 3.8) is 0 Å². The molecule has 4 nitrogen and oxygen atoms in total. The van der Waals surface area contributed by atoms with Gasteiger partial charge in [-0.05, 0) is 37.0 Å². The Morgan fingerprint density at radius 1 is 0.833 bits per heavy atom. The Morgan fingerprint density at radius 3 is 1.75 bits per heavy atom. The Balaban J connectivity index is 2.65. The maximum Gasteiger partial charge on any atom is 0.332 e. The summed E-state index contributed by atoms with van der Waals surface area (Å²) >= 11 is 0. The predicted octanol–water partition coefficient (Wildman–Crippen LogP) is 5.03. The summed E-state index contributed by atoms with van der Waals surface area (Å²) < 4.78 is 0. The van der Waals surface area contributed by atoms with E-state index < -0.39 is 17.4 Å². The fourth-order valence-corrected chi connectivity index (χ4v) is 4.98. The molecule has 136 valence electrons. The van der Waals surface area contributed by atoms with Gasteiger partial charge in [-0.3, -0.25) is 0 Å². The largest absolute Gasteiger partial charge is 0.478 e. The zero-order chi connectivity index (χ0) is 18.0. The molecule has 0 atom stereocenters. The van der Waals surface area contributed by atoms with E-state index in [1.54, 1.807) is 0 Å². The SMILES string of the molecule is CC(C)(C)C1(C(C(=O)O)=C(C(=O)O)C2CCCCC2)CCCCC1. The minimum atomic E-state index is -1.02. The highest BCUT2D eigenvalue weighted by molar-refractivity contribution is 6.00. The molecule has 2 rings (SSSR count). The van der Waals surface area contributed by atoms with Gasteiger partial charge in [-0.2, -0.15) is 0 Å². The van der Waals surface area contributed by atoms with Crippen molar-refractivity contribution >= 4 is 11.9 Å². The van der Waals surface area contributed by atoms with Gasteiger partial charge in [0, 0.05) is 5.41 Å². The fraction of sp³-hybridized carbons (Fsp3) is 0.800. The lowest BCUT2D eigenvalue weighted by molar-refractivity contribution is -0.139. The summed E-state index contributed by atoms with van der Waals surface area (Å²) in [7, 11) is 0. The molecule has 2 aliphatic rings. The number of carbonyl (C=O) groups is 2. The molecule has 0 aliphatic heterocycles. The molecule has 2 fully saturated rings. The molecule has 2 saturated carbocycles. The highest BCUT2D eigenvalue weighted by atomic mass is 16.4. The van der Waals surface area contributed by atoms with E-state index in [9.17, 15) is 19.8 Å². The minimum Gasteiger partial charge on any atom is -0.478 e. The number of carboxylic acid groups (broad SMARTS) is 2. The first-order valence-electron chi connectivity index (χ1n) is 9.42. The van der Waals surface area contributed by atoms with Crippen molar-refractivity contribution in [3.8, 4) is 0 Å². The van der Waals surface area contributed by atoms with Crippen molar-refractivity contribution in [2.45, 2.75) is 85.0 Å². The molecule has 0 heterocycles.